The van der Waals surface area contributed by atoms with E-state index in [2.05, 4.69) is 65.6 Å². The third-order valence-electron chi connectivity index (χ3n) is 2.96. The molecule has 1 unspecified atom stereocenters. The third kappa shape index (κ3) is 6.81. The maximum absolute atomic E-state index is 3.57. The lowest BCUT2D eigenvalue weighted by molar-refractivity contribution is 0.438. The molecule has 0 radical (unpaired) electrons. The van der Waals surface area contributed by atoms with Crippen molar-refractivity contribution in [1.82, 2.24) is 5.32 Å². The molecule has 0 aromatic heterocycles. The predicted molar refractivity (Wildman–Crippen MR) is 87.5 cm³/mol. The molecule has 0 fully saturated rings. The molecule has 1 aromatic carbocycles. The maximum atomic E-state index is 3.57. The Hall–Kier alpha value is 0.01000. The molecule has 1 rings (SSSR count). The molecule has 0 saturated heterocycles. The van der Waals surface area contributed by atoms with Crippen LogP contribution in [0.4, 0.5) is 0 Å². The second kappa shape index (κ2) is 9.00. The highest BCUT2D eigenvalue weighted by molar-refractivity contribution is 9.10. The van der Waals surface area contributed by atoms with E-state index in [0.717, 1.165) is 12.5 Å². The zero-order valence-electron chi connectivity index (χ0n) is 11.6. The van der Waals surface area contributed by atoms with Crippen LogP contribution in [0, 0.1) is 5.92 Å². The summed E-state index contributed by atoms with van der Waals surface area (Å²) in [5.74, 6) is 1.98. The summed E-state index contributed by atoms with van der Waals surface area (Å²) in [7, 11) is 0. The molecule has 102 valence electrons. The fourth-order valence-electron chi connectivity index (χ4n) is 1.96. The van der Waals surface area contributed by atoms with Gasteiger partial charge in [-0.05, 0) is 55.0 Å². The van der Waals surface area contributed by atoms with Crippen LogP contribution in [0.25, 0.3) is 0 Å². The highest BCUT2D eigenvalue weighted by Gasteiger charge is 2.10. The van der Waals surface area contributed by atoms with Gasteiger partial charge in [0, 0.05) is 10.5 Å². The first kappa shape index (κ1) is 16.1. The van der Waals surface area contributed by atoms with Gasteiger partial charge in [-0.25, -0.2) is 0 Å². The Morgan fingerprint density at radius 1 is 1.33 bits per heavy atom. The molecule has 0 heterocycles. The van der Waals surface area contributed by atoms with Crippen LogP contribution in [0.1, 0.15) is 25.8 Å². The fourth-order valence-corrected chi connectivity index (χ4v) is 2.98. The zero-order valence-corrected chi connectivity index (χ0v) is 14.0. The summed E-state index contributed by atoms with van der Waals surface area (Å²) >= 11 is 5.49. The van der Waals surface area contributed by atoms with E-state index in [-0.39, 0.29) is 0 Å². The van der Waals surface area contributed by atoms with Crippen molar-refractivity contribution in [2.75, 3.05) is 18.6 Å². The van der Waals surface area contributed by atoms with Gasteiger partial charge in [-0.15, -0.1) is 0 Å². The van der Waals surface area contributed by atoms with E-state index >= 15 is 0 Å². The number of hydrogen-bond donors (Lipinski definition) is 1. The van der Waals surface area contributed by atoms with Crippen LogP contribution < -0.4 is 5.32 Å². The SMILES string of the molecule is CSCCC(CNC(C)C)Cc1cccc(Br)c1. The minimum Gasteiger partial charge on any atom is -0.314 e. The summed E-state index contributed by atoms with van der Waals surface area (Å²) < 4.78 is 1.18. The zero-order chi connectivity index (χ0) is 13.4. The van der Waals surface area contributed by atoms with Gasteiger partial charge < -0.3 is 5.32 Å². The number of halogens is 1. The van der Waals surface area contributed by atoms with E-state index in [9.17, 15) is 0 Å². The van der Waals surface area contributed by atoms with Gasteiger partial charge in [0.05, 0.1) is 0 Å². The Kier molecular flexibility index (Phi) is 8.03. The van der Waals surface area contributed by atoms with Gasteiger partial charge in [-0.3, -0.25) is 0 Å². The fraction of sp³-hybridized carbons (Fsp3) is 0.600. The van der Waals surface area contributed by atoms with Crippen LogP contribution in [0.15, 0.2) is 28.7 Å². The van der Waals surface area contributed by atoms with Crippen molar-refractivity contribution in [3.8, 4) is 0 Å². The average molecular weight is 330 g/mol. The normalized spacial score (nSPS) is 12.9. The van der Waals surface area contributed by atoms with Crippen LogP contribution in [0.2, 0.25) is 0 Å². The molecule has 0 aliphatic heterocycles. The first-order valence-electron chi connectivity index (χ1n) is 6.58. The Bertz CT molecular complexity index is 341. The summed E-state index contributed by atoms with van der Waals surface area (Å²) in [4.78, 5) is 0. The minimum absolute atomic E-state index is 0.573. The van der Waals surface area contributed by atoms with Crippen molar-refractivity contribution in [1.29, 1.82) is 0 Å². The number of hydrogen-bond acceptors (Lipinski definition) is 2. The van der Waals surface area contributed by atoms with Crippen LogP contribution in [-0.2, 0) is 6.42 Å². The van der Waals surface area contributed by atoms with Gasteiger partial charge in [0.2, 0.25) is 0 Å². The van der Waals surface area contributed by atoms with Crippen LogP contribution in [0.3, 0.4) is 0 Å². The standard InChI is InChI=1S/C15H24BrNS/c1-12(2)17-11-14(7-8-18-3)9-13-5-4-6-15(16)10-13/h4-6,10,12,14,17H,7-9,11H2,1-3H3. The molecule has 0 spiro atoms. The first-order chi connectivity index (χ1) is 8.61. The van der Waals surface area contributed by atoms with Gasteiger partial charge in [0.15, 0.2) is 0 Å². The van der Waals surface area contributed by atoms with Gasteiger partial charge in [-0.1, -0.05) is 41.9 Å². The highest BCUT2D eigenvalue weighted by atomic mass is 79.9. The molecule has 3 heteroatoms. The number of benzene rings is 1. The summed E-state index contributed by atoms with van der Waals surface area (Å²) in [6.07, 6.45) is 4.64. The van der Waals surface area contributed by atoms with E-state index in [1.165, 1.54) is 28.6 Å². The van der Waals surface area contributed by atoms with E-state index in [1.54, 1.807) is 0 Å². The predicted octanol–water partition coefficient (Wildman–Crippen LogP) is 4.36. The Balaban J connectivity index is 2.53. The quantitative estimate of drug-likeness (QED) is 0.760. The first-order valence-corrected chi connectivity index (χ1v) is 8.77. The van der Waals surface area contributed by atoms with Crippen LogP contribution in [-0.4, -0.2) is 24.6 Å². The summed E-state index contributed by atoms with van der Waals surface area (Å²) in [5.41, 5.74) is 1.43. The summed E-state index contributed by atoms with van der Waals surface area (Å²) in [6, 6.07) is 9.26. The second-order valence-electron chi connectivity index (χ2n) is 5.04. The largest absolute Gasteiger partial charge is 0.314 e. The van der Waals surface area contributed by atoms with Crippen molar-refractivity contribution in [3.63, 3.8) is 0 Å². The van der Waals surface area contributed by atoms with Crippen molar-refractivity contribution in [2.45, 2.75) is 32.7 Å². The van der Waals surface area contributed by atoms with Gasteiger partial charge in [0.25, 0.3) is 0 Å². The lowest BCUT2D eigenvalue weighted by Gasteiger charge is -2.19. The van der Waals surface area contributed by atoms with E-state index < -0.39 is 0 Å². The molecule has 18 heavy (non-hydrogen) atoms. The van der Waals surface area contributed by atoms with Crippen molar-refractivity contribution in [2.24, 2.45) is 5.92 Å². The molecule has 1 nitrogen and oxygen atoms in total. The van der Waals surface area contributed by atoms with Gasteiger partial charge in [0.1, 0.15) is 0 Å². The molecule has 0 aliphatic rings. The van der Waals surface area contributed by atoms with Gasteiger partial charge >= 0.3 is 0 Å². The van der Waals surface area contributed by atoms with Crippen LogP contribution in [0.5, 0.6) is 0 Å². The van der Waals surface area contributed by atoms with Crippen molar-refractivity contribution >= 4 is 27.7 Å². The summed E-state index contributed by atoms with van der Waals surface area (Å²) in [5, 5.41) is 3.57. The third-order valence-corrected chi connectivity index (χ3v) is 4.10. The molecule has 0 bridgehead atoms. The molecule has 1 aromatic rings. The molecule has 0 saturated carbocycles. The van der Waals surface area contributed by atoms with E-state index in [4.69, 9.17) is 0 Å². The average Bonchev–Trinajstić information content (AvgIpc) is 2.32. The summed E-state index contributed by atoms with van der Waals surface area (Å²) in [6.45, 7) is 5.54. The number of rotatable bonds is 8. The lowest BCUT2D eigenvalue weighted by atomic mass is 9.96. The van der Waals surface area contributed by atoms with E-state index in [1.807, 2.05) is 11.8 Å². The lowest BCUT2D eigenvalue weighted by Crippen LogP contribution is -2.30. The monoisotopic (exact) mass is 329 g/mol. The molecular weight excluding hydrogens is 306 g/mol. The Morgan fingerprint density at radius 3 is 2.72 bits per heavy atom. The Morgan fingerprint density at radius 2 is 2.11 bits per heavy atom. The van der Waals surface area contributed by atoms with Crippen LogP contribution >= 0.6 is 27.7 Å². The molecule has 1 atom stereocenters. The number of thioether (sulfide) groups is 1. The molecule has 1 N–H and O–H groups in total. The molecular formula is C15H24BrNS. The maximum Gasteiger partial charge on any atom is 0.0177 e. The number of nitrogens with one attached hydrogen (secondary N) is 1. The minimum atomic E-state index is 0.573. The van der Waals surface area contributed by atoms with Crippen molar-refractivity contribution < 1.29 is 0 Å². The van der Waals surface area contributed by atoms with Gasteiger partial charge in [-0.2, -0.15) is 11.8 Å². The molecule has 0 aliphatic carbocycles. The molecule has 0 amide bonds. The highest BCUT2D eigenvalue weighted by Crippen LogP contribution is 2.18. The second-order valence-corrected chi connectivity index (χ2v) is 6.95. The van der Waals surface area contributed by atoms with Crippen molar-refractivity contribution in [3.05, 3.63) is 34.3 Å². The van der Waals surface area contributed by atoms with E-state index in [0.29, 0.717) is 6.04 Å². The topological polar surface area (TPSA) is 12.0 Å². The smallest absolute Gasteiger partial charge is 0.0177 e. The Labute approximate surface area is 124 Å².